The van der Waals surface area contributed by atoms with Gasteiger partial charge in [0.2, 0.25) is 0 Å². The van der Waals surface area contributed by atoms with Crippen molar-refractivity contribution in [3.8, 4) is 6.19 Å². The predicted octanol–water partition coefficient (Wildman–Crippen LogP) is 1.35. The van der Waals surface area contributed by atoms with Crippen LogP contribution in [0.2, 0.25) is 0 Å². The molecule has 3 heteroatoms. The van der Waals surface area contributed by atoms with Crippen molar-refractivity contribution >= 4 is 0 Å². The zero-order valence-electron chi connectivity index (χ0n) is 8.11. The van der Waals surface area contributed by atoms with Gasteiger partial charge in [-0.15, -0.1) is 0 Å². The van der Waals surface area contributed by atoms with Gasteiger partial charge >= 0.3 is 0 Å². The molecule has 1 saturated heterocycles. The average Bonchev–Trinajstić information content (AvgIpc) is 2.02. The Bertz CT molecular complexity index is 185. The topological polar surface area (TPSA) is 36.3 Å². The third kappa shape index (κ3) is 1.39. The van der Waals surface area contributed by atoms with Crippen molar-refractivity contribution in [2.75, 3.05) is 0 Å². The minimum Gasteiger partial charge on any atom is -0.371 e. The fraction of sp³-hybridized carbons (Fsp3) is 0.889. The summed E-state index contributed by atoms with van der Waals surface area (Å²) in [5.74, 6) is 0. The summed E-state index contributed by atoms with van der Waals surface area (Å²) in [5.41, 5.74) is 0. The van der Waals surface area contributed by atoms with Crippen LogP contribution >= 0.6 is 0 Å². The minimum absolute atomic E-state index is 0.149. The molecule has 1 fully saturated rings. The zero-order valence-corrected chi connectivity index (χ0v) is 8.11. The van der Waals surface area contributed by atoms with Gasteiger partial charge in [0.15, 0.2) is 6.19 Å². The van der Waals surface area contributed by atoms with E-state index in [1.54, 1.807) is 0 Å². The van der Waals surface area contributed by atoms with Crippen LogP contribution in [0.25, 0.3) is 0 Å². The van der Waals surface area contributed by atoms with Crippen LogP contribution in [0.5, 0.6) is 0 Å². The molecule has 0 aliphatic carbocycles. The van der Waals surface area contributed by atoms with E-state index >= 15 is 0 Å². The van der Waals surface area contributed by atoms with Crippen molar-refractivity contribution in [2.24, 2.45) is 0 Å². The molecule has 1 heterocycles. The molecule has 4 atom stereocenters. The number of nitriles is 1. The fourth-order valence-corrected chi connectivity index (χ4v) is 1.57. The molecule has 0 aromatic heterocycles. The Hall–Kier alpha value is -0.750. The van der Waals surface area contributed by atoms with Crippen LogP contribution in [0.1, 0.15) is 27.7 Å². The standard InChI is InChI=1S/C9H16N2O/c1-6-8(3)12-9(4)7(2)11(6)5-10/h6-9H,1-4H3. The van der Waals surface area contributed by atoms with Crippen molar-refractivity contribution in [1.82, 2.24) is 4.90 Å². The summed E-state index contributed by atoms with van der Waals surface area (Å²) in [6.45, 7) is 8.07. The summed E-state index contributed by atoms with van der Waals surface area (Å²) >= 11 is 0. The number of hydrogen-bond acceptors (Lipinski definition) is 3. The molecule has 0 radical (unpaired) electrons. The van der Waals surface area contributed by atoms with Gasteiger partial charge < -0.3 is 4.74 Å². The van der Waals surface area contributed by atoms with Gasteiger partial charge in [-0.2, -0.15) is 5.26 Å². The van der Waals surface area contributed by atoms with Crippen LogP contribution < -0.4 is 0 Å². The maximum absolute atomic E-state index is 8.89. The van der Waals surface area contributed by atoms with Gasteiger partial charge in [0.1, 0.15) is 0 Å². The summed E-state index contributed by atoms with van der Waals surface area (Å²) in [6, 6.07) is 0.391. The van der Waals surface area contributed by atoms with E-state index in [-0.39, 0.29) is 24.3 Å². The highest BCUT2D eigenvalue weighted by Gasteiger charge is 2.34. The van der Waals surface area contributed by atoms with Crippen molar-refractivity contribution < 1.29 is 4.74 Å². The Kier molecular flexibility index (Phi) is 2.58. The summed E-state index contributed by atoms with van der Waals surface area (Å²) in [4.78, 5) is 1.82. The molecule has 1 aliphatic rings. The third-order valence-corrected chi connectivity index (χ3v) is 2.78. The molecule has 3 nitrogen and oxygen atoms in total. The number of hydrogen-bond donors (Lipinski definition) is 0. The number of morpholine rings is 1. The lowest BCUT2D eigenvalue weighted by Gasteiger charge is -2.42. The fourth-order valence-electron chi connectivity index (χ4n) is 1.57. The highest BCUT2D eigenvalue weighted by Crippen LogP contribution is 2.22. The van der Waals surface area contributed by atoms with Crippen molar-refractivity contribution in [1.29, 1.82) is 5.26 Å². The minimum atomic E-state index is 0.149. The first kappa shape index (κ1) is 9.34. The highest BCUT2D eigenvalue weighted by atomic mass is 16.5. The first-order valence-corrected chi connectivity index (χ1v) is 4.41. The smallest absolute Gasteiger partial charge is 0.180 e. The maximum Gasteiger partial charge on any atom is 0.180 e. The molecule has 0 saturated carbocycles. The first-order valence-electron chi connectivity index (χ1n) is 4.41. The molecule has 1 rings (SSSR count). The summed E-state index contributed by atoms with van der Waals surface area (Å²) in [7, 11) is 0. The van der Waals surface area contributed by atoms with Crippen LogP contribution in [-0.2, 0) is 4.74 Å². The number of nitrogens with zero attached hydrogens (tertiary/aromatic N) is 2. The second-order valence-corrected chi connectivity index (χ2v) is 3.53. The monoisotopic (exact) mass is 168 g/mol. The highest BCUT2D eigenvalue weighted by molar-refractivity contribution is 4.93. The van der Waals surface area contributed by atoms with Crippen molar-refractivity contribution in [3.05, 3.63) is 0 Å². The van der Waals surface area contributed by atoms with Gasteiger partial charge in [-0.25, -0.2) is 0 Å². The number of rotatable bonds is 0. The second kappa shape index (κ2) is 3.32. The van der Waals surface area contributed by atoms with Crippen LogP contribution in [0.15, 0.2) is 0 Å². The van der Waals surface area contributed by atoms with E-state index in [4.69, 9.17) is 10.00 Å². The third-order valence-electron chi connectivity index (χ3n) is 2.78. The molecule has 4 unspecified atom stereocenters. The summed E-state index contributed by atoms with van der Waals surface area (Å²) in [6.07, 6.45) is 2.52. The summed E-state index contributed by atoms with van der Waals surface area (Å²) < 4.78 is 5.65. The zero-order chi connectivity index (χ0) is 9.30. The molecule has 0 bridgehead atoms. The van der Waals surface area contributed by atoms with Crippen molar-refractivity contribution in [2.45, 2.75) is 52.0 Å². The van der Waals surface area contributed by atoms with E-state index in [1.165, 1.54) is 0 Å². The van der Waals surface area contributed by atoms with Crippen LogP contribution in [0, 0.1) is 11.5 Å². The molecule has 0 spiro atoms. The normalized spacial score (nSPS) is 42.4. The largest absolute Gasteiger partial charge is 0.371 e. The molecule has 0 aromatic carbocycles. The number of ether oxygens (including phenoxy) is 1. The van der Waals surface area contributed by atoms with Gasteiger partial charge in [-0.1, -0.05) is 0 Å². The molecule has 0 aromatic rings. The molecular weight excluding hydrogens is 152 g/mol. The molecule has 0 N–H and O–H groups in total. The lowest BCUT2D eigenvalue weighted by atomic mass is 10.0. The van der Waals surface area contributed by atoms with Crippen molar-refractivity contribution in [3.63, 3.8) is 0 Å². The predicted molar refractivity (Wildman–Crippen MR) is 46.4 cm³/mol. The summed E-state index contributed by atoms with van der Waals surface area (Å²) in [5, 5.41) is 8.89. The quantitative estimate of drug-likeness (QED) is 0.512. The van der Waals surface area contributed by atoms with E-state index in [1.807, 2.05) is 32.6 Å². The van der Waals surface area contributed by atoms with E-state index < -0.39 is 0 Å². The van der Waals surface area contributed by atoms with Gasteiger partial charge in [-0.05, 0) is 27.7 Å². The van der Waals surface area contributed by atoms with E-state index in [0.29, 0.717) is 0 Å². The molecule has 68 valence electrons. The average molecular weight is 168 g/mol. The maximum atomic E-state index is 8.89. The Labute approximate surface area is 73.9 Å². The Morgan fingerprint density at radius 1 is 1.08 bits per heavy atom. The Morgan fingerprint density at radius 3 is 1.83 bits per heavy atom. The van der Waals surface area contributed by atoms with Gasteiger partial charge in [-0.3, -0.25) is 4.90 Å². The molecule has 0 amide bonds. The Morgan fingerprint density at radius 2 is 1.50 bits per heavy atom. The van der Waals surface area contributed by atoms with E-state index in [0.717, 1.165) is 0 Å². The van der Waals surface area contributed by atoms with Crippen LogP contribution in [0.3, 0.4) is 0 Å². The Balaban J connectivity index is 2.75. The van der Waals surface area contributed by atoms with E-state index in [2.05, 4.69) is 6.19 Å². The molecule has 12 heavy (non-hydrogen) atoms. The lowest BCUT2D eigenvalue weighted by Crippen LogP contribution is -2.54. The molecular formula is C9H16N2O. The lowest BCUT2D eigenvalue weighted by molar-refractivity contribution is -0.109. The van der Waals surface area contributed by atoms with Crippen LogP contribution in [0.4, 0.5) is 0 Å². The molecule has 1 aliphatic heterocycles. The van der Waals surface area contributed by atoms with Gasteiger partial charge in [0.25, 0.3) is 0 Å². The van der Waals surface area contributed by atoms with Gasteiger partial charge in [0, 0.05) is 0 Å². The SMILES string of the molecule is CC1OC(C)C(C)N(C#N)C1C. The van der Waals surface area contributed by atoms with Gasteiger partial charge in [0.05, 0.1) is 24.3 Å². The second-order valence-electron chi connectivity index (χ2n) is 3.53. The van der Waals surface area contributed by atoms with Crippen LogP contribution in [-0.4, -0.2) is 29.2 Å². The van der Waals surface area contributed by atoms with E-state index in [9.17, 15) is 0 Å². The first-order chi connectivity index (χ1) is 5.57.